The number of aromatic nitrogens is 4. The molecule has 0 fully saturated rings. The lowest BCUT2D eigenvalue weighted by Crippen LogP contribution is -1.98. The fraction of sp³-hybridized carbons (Fsp3) is 0.0952. The fourth-order valence-electron chi connectivity index (χ4n) is 3.04. The van der Waals surface area contributed by atoms with E-state index in [0.29, 0.717) is 17.5 Å². The van der Waals surface area contributed by atoms with Gasteiger partial charge in [0.2, 0.25) is 5.16 Å². The molecular formula is C21H18N4O2S. The molecule has 2 aromatic carbocycles. The van der Waals surface area contributed by atoms with E-state index in [1.807, 2.05) is 48.7 Å². The quantitative estimate of drug-likeness (QED) is 0.378. The van der Waals surface area contributed by atoms with Crippen LogP contribution in [0.1, 0.15) is 17.0 Å². The van der Waals surface area contributed by atoms with Crippen LogP contribution in [-0.4, -0.2) is 30.8 Å². The van der Waals surface area contributed by atoms with Crippen LogP contribution in [0.25, 0.3) is 17.0 Å². The van der Waals surface area contributed by atoms with E-state index in [9.17, 15) is 9.90 Å². The Morgan fingerprint density at radius 1 is 1.18 bits per heavy atom. The molecule has 6 nitrogen and oxygen atoms in total. The zero-order valence-corrected chi connectivity index (χ0v) is 16.0. The minimum atomic E-state index is -1.01. The van der Waals surface area contributed by atoms with E-state index >= 15 is 0 Å². The van der Waals surface area contributed by atoms with Gasteiger partial charge in [0.25, 0.3) is 0 Å². The lowest BCUT2D eigenvalue weighted by Gasteiger charge is -2.05. The van der Waals surface area contributed by atoms with Gasteiger partial charge in [-0.1, -0.05) is 48.5 Å². The summed E-state index contributed by atoms with van der Waals surface area (Å²) in [6, 6.07) is 18.2. The van der Waals surface area contributed by atoms with Crippen molar-refractivity contribution in [3.05, 3.63) is 82.7 Å². The Morgan fingerprint density at radius 2 is 1.93 bits per heavy atom. The summed E-state index contributed by atoms with van der Waals surface area (Å²) in [7, 11) is 0. The second-order valence-electron chi connectivity index (χ2n) is 6.33. The highest BCUT2D eigenvalue weighted by atomic mass is 32.2. The second kappa shape index (κ2) is 7.74. The molecule has 0 amide bonds. The molecule has 0 aliphatic heterocycles. The number of aryl methyl sites for hydroxylation is 1. The molecule has 0 aliphatic rings. The molecule has 7 heteroatoms. The van der Waals surface area contributed by atoms with Crippen LogP contribution in [0.15, 0.2) is 70.9 Å². The number of para-hydroxylation sites is 1. The average Bonchev–Trinajstić information content (AvgIpc) is 3.26. The number of aromatic amines is 1. The molecule has 0 saturated heterocycles. The summed E-state index contributed by atoms with van der Waals surface area (Å²) in [4.78, 5) is 16.1. The number of hydrogen-bond donors (Lipinski definition) is 2. The van der Waals surface area contributed by atoms with Crippen molar-refractivity contribution in [3.8, 4) is 0 Å². The van der Waals surface area contributed by atoms with E-state index in [-0.39, 0.29) is 4.91 Å². The molecule has 4 aromatic rings. The number of fused-ring (bicyclic) bond motifs is 1. The molecule has 0 bridgehead atoms. The number of benzene rings is 2. The van der Waals surface area contributed by atoms with Crippen LogP contribution in [-0.2, 0) is 11.3 Å². The predicted octanol–water partition coefficient (Wildman–Crippen LogP) is 4.33. The molecule has 140 valence electrons. The zero-order valence-electron chi connectivity index (χ0n) is 15.2. The molecule has 2 N–H and O–H groups in total. The second-order valence-corrected chi connectivity index (χ2v) is 7.34. The molecule has 0 atom stereocenters. The lowest BCUT2D eigenvalue weighted by molar-refractivity contribution is -0.131. The van der Waals surface area contributed by atoms with Gasteiger partial charge in [0, 0.05) is 29.2 Å². The van der Waals surface area contributed by atoms with Crippen molar-refractivity contribution in [2.75, 3.05) is 0 Å². The Kier molecular flexibility index (Phi) is 4.99. The summed E-state index contributed by atoms with van der Waals surface area (Å²) < 4.78 is 2.14. The minimum Gasteiger partial charge on any atom is -0.477 e. The number of thioether (sulfide) groups is 1. The predicted molar refractivity (Wildman–Crippen MR) is 110 cm³/mol. The smallest absolute Gasteiger partial charge is 0.342 e. The van der Waals surface area contributed by atoms with E-state index in [0.717, 1.165) is 28.2 Å². The highest BCUT2D eigenvalue weighted by Crippen LogP contribution is 2.30. The average molecular weight is 390 g/mol. The normalized spacial score (nSPS) is 11.8. The maximum Gasteiger partial charge on any atom is 0.342 e. The Morgan fingerprint density at radius 3 is 2.64 bits per heavy atom. The lowest BCUT2D eigenvalue weighted by atomic mass is 10.1. The van der Waals surface area contributed by atoms with Crippen molar-refractivity contribution in [2.45, 2.75) is 18.6 Å². The van der Waals surface area contributed by atoms with Crippen LogP contribution in [0.2, 0.25) is 0 Å². The standard InChI is InChI=1S/C21H18N4O2S/c1-14-22-21(24-23-14)28-19(20(26)27)11-16-13-25(12-15-7-3-2-4-8-15)18-10-6-5-9-17(16)18/h2-11,13H,12H2,1H3,(H,26,27)(H,22,23,24)/b19-11-. The van der Waals surface area contributed by atoms with Crippen LogP contribution in [0, 0.1) is 6.92 Å². The van der Waals surface area contributed by atoms with Gasteiger partial charge in [0.1, 0.15) is 10.7 Å². The molecular weight excluding hydrogens is 372 g/mol. The van der Waals surface area contributed by atoms with Gasteiger partial charge in [-0.25, -0.2) is 9.78 Å². The summed E-state index contributed by atoms with van der Waals surface area (Å²) in [6.07, 6.45) is 3.67. The van der Waals surface area contributed by atoms with Gasteiger partial charge in [0.05, 0.1) is 0 Å². The van der Waals surface area contributed by atoms with Crippen molar-refractivity contribution in [2.24, 2.45) is 0 Å². The first kappa shape index (κ1) is 18.1. The summed E-state index contributed by atoms with van der Waals surface area (Å²) in [6.45, 7) is 2.49. The van der Waals surface area contributed by atoms with Crippen molar-refractivity contribution in [1.29, 1.82) is 0 Å². The largest absolute Gasteiger partial charge is 0.477 e. The number of hydrogen-bond acceptors (Lipinski definition) is 4. The molecule has 2 aromatic heterocycles. The van der Waals surface area contributed by atoms with Crippen molar-refractivity contribution in [3.63, 3.8) is 0 Å². The Hall–Kier alpha value is -3.32. The van der Waals surface area contributed by atoms with Gasteiger partial charge in [-0.15, -0.1) is 5.10 Å². The van der Waals surface area contributed by atoms with E-state index < -0.39 is 5.97 Å². The molecule has 4 rings (SSSR count). The number of nitrogens with zero attached hydrogens (tertiary/aromatic N) is 3. The highest BCUT2D eigenvalue weighted by molar-refractivity contribution is 8.04. The Balaban J connectivity index is 1.74. The first-order valence-electron chi connectivity index (χ1n) is 8.74. The fourth-order valence-corrected chi connectivity index (χ4v) is 3.79. The van der Waals surface area contributed by atoms with E-state index in [1.165, 1.54) is 5.56 Å². The molecule has 0 spiro atoms. The van der Waals surface area contributed by atoms with Gasteiger partial charge in [-0.05, 0) is 36.4 Å². The van der Waals surface area contributed by atoms with Crippen LogP contribution in [0.4, 0.5) is 0 Å². The van der Waals surface area contributed by atoms with Crippen molar-refractivity contribution < 1.29 is 9.90 Å². The number of nitrogens with one attached hydrogen (secondary N) is 1. The van der Waals surface area contributed by atoms with Crippen LogP contribution < -0.4 is 0 Å². The Bertz CT molecular complexity index is 1160. The van der Waals surface area contributed by atoms with Gasteiger partial charge in [-0.2, -0.15) is 0 Å². The zero-order chi connectivity index (χ0) is 19.5. The molecule has 0 aliphatic carbocycles. The van der Waals surface area contributed by atoms with E-state index in [4.69, 9.17) is 0 Å². The van der Waals surface area contributed by atoms with Crippen LogP contribution in [0.3, 0.4) is 0 Å². The number of rotatable bonds is 6. The number of carboxylic acid groups (broad SMARTS) is 1. The molecule has 28 heavy (non-hydrogen) atoms. The SMILES string of the molecule is Cc1nc(S/C(=C\c2cn(Cc3ccccc3)c3ccccc23)C(=O)O)n[nH]1. The van der Waals surface area contributed by atoms with Crippen LogP contribution in [0.5, 0.6) is 0 Å². The monoisotopic (exact) mass is 390 g/mol. The van der Waals surface area contributed by atoms with Crippen molar-refractivity contribution in [1.82, 2.24) is 19.7 Å². The third-order valence-electron chi connectivity index (χ3n) is 4.29. The first-order valence-corrected chi connectivity index (χ1v) is 9.55. The summed E-state index contributed by atoms with van der Waals surface area (Å²) in [5.74, 6) is -0.362. The topological polar surface area (TPSA) is 83.8 Å². The maximum atomic E-state index is 11.8. The molecule has 2 heterocycles. The van der Waals surface area contributed by atoms with E-state index in [2.05, 4.69) is 31.9 Å². The minimum absolute atomic E-state index is 0.168. The molecule has 0 saturated carbocycles. The van der Waals surface area contributed by atoms with Gasteiger partial charge >= 0.3 is 5.97 Å². The maximum absolute atomic E-state index is 11.8. The third-order valence-corrected chi connectivity index (χ3v) is 5.17. The first-order chi connectivity index (χ1) is 13.6. The van der Waals surface area contributed by atoms with Crippen LogP contribution >= 0.6 is 11.8 Å². The molecule has 0 unspecified atom stereocenters. The number of carbonyl (C=O) groups is 1. The van der Waals surface area contributed by atoms with Crippen molar-refractivity contribution >= 4 is 34.7 Å². The summed E-state index contributed by atoms with van der Waals surface area (Å²) in [5.41, 5.74) is 3.09. The Labute approximate surface area is 165 Å². The third kappa shape index (κ3) is 3.84. The van der Waals surface area contributed by atoms with Gasteiger partial charge in [-0.3, -0.25) is 5.10 Å². The molecule has 0 radical (unpaired) electrons. The number of aliphatic carboxylic acids is 1. The van der Waals surface area contributed by atoms with E-state index in [1.54, 1.807) is 13.0 Å². The number of H-pyrrole nitrogens is 1. The highest BCUT2D eigenvalue weighted by Gasteiger charge is 2.15. The van der Waals surface area contributed by atoms with Gasteiger partial charge < -0.3 is 9.67 Å². The van der Waals surface area contributed by atoms with Gasteiger partial charge in [0.15, 0.2) is 0 Å². The number of carboxylic acids is 1. The summed E-state index contributed by atoms with van der Waals surface area (Å²) >= 11 is 1.03. The summed E-state index contributed by atoms with van der Waals surface area (Å²) in [5, 5.41) is 17.8.